The quantitative estimate of drug-likeness (QED) is 0.756. The van der Waals surface area contributed by atoms with Gasteiger partial charge in [-0.15, -0.1) is 0 Å². The molecule has 13 heavy (non-hydrogen) atoms. The van der Waals surface area contributed by atoms with Crippen LogP contribution in [-0.2, 0) is 6.42 Å². The minimum Gasteiger partial charge on any atom is -0.316 e. The zero-order valence-corrected chi connectivity index (χ0v) is 8.33. The molecule has 0 unspecified atom stereocenters. The summed E-state index contributed by atoms with van der Waals surface area (Å²) in [6.07, 6.45) is 3.21. The van der Waals surface area contributed by atoms with E-state index in [1.165, 1.54) is 5.69 Å². The number of aromatic nitrogens is 2. The normalized spacial score (nSPS) is 17.8. The second-order valence-corrected chi connectivity index (χ2v) is 4.11. The molecule has 0 amide bonds. The molecule has 0 saturated carbocycles. The maximum absolute atomic E-state index is 4.52. The van der Waals surface area contributed by atoms with Crippen LogP contribution >= 0.6 is 0 Å². The zero-order valence-electron chi connectivity index (χ0n) is 8.33. The van der Waals surface area contributed by atoms with Crippen molar-refractivity contribution in [3.63, 3.8) is 0 Å². The monoisotopic (exact) mass is 179 g/mol. The van der Waals surface area contributed by atoms with Crippen molar-refractivity contribution < 1.29 is 0 Å². The van der Waals surface area contributed by atoms with Gasteiger partial charge in [-0.05, 0) is 45.3 Å². The minimum atomic E-state index is 0.480. The van der Waals surface area contributed by atoms with E-state index < -0.39 is 0 Å². The topological polar surface area (TPSA) is 29.9 Å². The molecule has 72 valence electrons. The second kappa shape index (κ2) is 3.50. The van der Waals surface area contributed by atoms with Crippen LogP contribution in [0.15, 0.2) is 12.3 Å². The Hall–Kier alpha value is -0.830. The lowest BCUT2D eigenvalue weighted by molar-refractivity contribution is 0.342. The molecular formula is C10H17N3. The Morgan fingerprint density at radius 3 is 2.85 bits per heavy atom. The van der Waals surface area contributed by atoms with Gasteiger partial charge in [0.2, 0.25) is 0 Å². The summed E-state index contributed by atoms with van der Waals surface area (Å²) in [5, 5.41) is 7.80. The predicted molar refractivity (Wildman–Crippen MR) is 52.7 cm³/mol. The fourth-order valence-corrected chi connectivity index (χ4v) is 1.56. The summed E-state index contributed by atoms with van der Waals surface area (Å²) in [6, 6.07) is 2.62. The van der Waals surface area contributed by atoms with Crippen LogP contribution in [0.5, 0.6) is 0 Å². The van der Waals surface area contributed by atoms with Gasteiger partial charge in [-0.25, -0.2) is 0 Å². The molecule has 0 spiro atoms. The third-order valence-electron chi connectivity index (χ3n) is 2.56. The highest BCUT2D eigenvalue weighted by Gasteiger charge is 2.18. The standard InChI is InChI=1S/C10H17N3/c1-8(2)13-4-3-10(12-13)5-9-6-11-7-9/h3-4,8-9,11H,5-7H2,1-2H3. The van der Waals surface area contributed by atoms with Crippen molar-refractivity contribution in [2.24, 2.45) is 5.92 Å². The molecule has 0 radical (unpaired) electrons. The van der Waals surface area contributed by atoms with Gasteiger partial charge in [-0.2, -0.15) is 5.10 Å². The van der Waals surface area contributed by atoms with E-state index in [-0.39, 0.29) is 0 Å². The van der Waals surface area contributed by atoms with Gasteiger partial charge in [0.1, 0.15) is 0 Å². The van der Waals surface area contributed by atoms with E-state index >= 15 is 0 Å². The van der Waals surface area contributed by atoms with E-state index in [4.69, 9.17) is 0 Å². The highest BCUT2D eigenvalue weighted by molar-refractivity contribution is 5.02. The van der Waals surface area contributed by atoms with Gasteiger partial charge in [0.05, 0.1) is 5.69 Å². The molecule has 0 aliphatic carbocycles. The minimum absolute atomic E-state index is 0.480. The van der Waals surface area contributed by atoms with Crippen molar-refractivity contribution in [1.29, 1.82) is 0 Å². The lowest BCUT2D eigenvalue weighted by Crippen LogP contribution is -2.43. The third kappa shape index (κ3) is 1.91. The van der Waals surface area contributed by atoms with Gasteiger partial charge in [-0.1, -0.05) is 0 Å². The zero-order chi connectivity index (χ0) is 9.26. The molecule has 0 atom stereocenters. The van der Waals surface area contributed by atoms with E-state index in [1.807, 2.05) is 4.68 Å². The van der Waals surface area contributed by atoms with Crippen molar-refractivity contribution >= 4 is 0 Å². The Labute approximate surface area is 79.1 Å². The van der Waals surface area contributed by atoms with Gasteiger partial charge in [0.25, 0.3) is 0 Å². The summed E-state index contributed by atoms with van der Waals surface area (Å²) in [5.74, 6) is 0.815. The van der Waals surface area contributed by atoms with Crippen LogP contribution < -0.4 is 5.32 Å². The van der Waals surface area contributed by atoms with Crippen LogP contribution in [-0.4, -0.2) is 22.9 Å². The van der Waals surface area contributed by atoms with Crippen LogP contribution in [0, 0.1) is 5.92 Å². The molecule has 1 N–H and O–H groups in total. The molecule has 1 aromatic heterocycles. The van der Waals surface area contributed by atoms with Crippen molar-refractivity contribution in [2.75, 3.05) is 13.1 Å². The first-order chi connectivity index (χ1) is 6.25. The molecule has 1 aliphatic rings. The Morgan fingerprint density at radius 2 is 2.38 bits per heavy atom. The number of hydrogen-bond acceptors (Lipinski definition) is 2. The maximum Gasteiger partial charge on any atom is 0.0628 e. The van der Waals surface area contributed by atoms with Gasteiger partial charge in [0, 0.05) is 12.2 Å². The molecule has 1 aliphatic heterocycles. The van der Waals surface area contributed by atoms with Crippen LogP contribution in [0.1, 0.15) is 25.6 Å². The van der Waals surface area contributed by atoms with Crippen molar-refractivity contribution in [2.45, 2.75) is 26.3 Å². The van der Waals surface area contributed by atoms with Crippen LogP contribution in [0.2, 0.25) is 0 Å². The summed E-state index contributed by atoms with van der Waals surface area (Å²) >= 11 is 0. The van der Waals surface area contributed by atoms with E-state index in [0.29, 0.717) is 6.04 Å². The van der Waals surface area contributed by atoms with Crippen LogP contribution in [0.4, 0.5) is 0 Å². The van der Waals surface area contributed by atoms with Gasteiger partial charge >= 0.3 is 0 Å². The summed E-state index contributed by atoms with van der Waals surface area (Å²) in [6.45, 7) is 6.63. The molecule has 0 aromatic carbocycles. The van der Waals surface area contributed by atoms with E-state index in [9.17, 15) is 0 Å². The number of hydrogen-bond donors (Lipinski definition) is 1. The predicted octanol–water partition coefficient (Wildman–Crippen LogP) is 1.23. The molecule has 2 heterocycles. The van der Waals surface area contributed by atoms with E-state index in [1.54, 1.807) is 0 Å². The Balaban J connectivity index is 1.96. The maximum atomic E-state index is 4.52. The van der Waals surface area contributed by atoms with Gasteiger partial charge in [-0.3, -0.25) is 4.68 Å². The molecule has 1 fully saturated rings. The first-order valence-electron chi connectivity index (χ1n) is 5.00. The van der Waals surface area contributed by atoms with Crippen molar-refractivity contribution in [3.8, 4) is 0 Å². The Bertz CT molecular complexity index is 273. The first kappa shape index (κ1) is 8.75. The van der Waals surface area contributed by atoms with Crippen LogP contribution in [0.25, 0.3) is 0 Å². The Kier molecular flexibility index (Phi) is 2.36. The van der Waals surface area contributed by atoms with Crippen molar-refractivity contribution in [1.82, 2.24) is 15.1 Å². The fraction of sp³-hybridized carbons (Fsp3) is 0.700. The van der Waals surface area contributed by atoms with E-state index in [2.05, 4.69) is 36.5 Å². The number of rotatable bonds is 3. The summed E-state index contributed by atoms with van der Waals surface area (Å²) in [7, 11) is 0. The smallest absolute Gasteiger partial charge is 0.0628 e. The molecule has 3 heteroatoms. The largest absolute Gasteiger partial charge is 0.316 e. The average Bonchev–Trinajstić information content (AvgIpc) is 2.44. The van der Waals surface area contributed by atoms with E-state index in [0.717, 1.165) is 25.4 Å². The molecule has 1 saturated heterocycles. The molecule has 2 rings (SSSR count). The lowest BCUT2D eigenvalue weighted by atomic mass is 9.98. The average molecular weight is 179 g/mol. The molecule has 0 bridgehead atoms. The summed E-state index contributed by atoms with van der Waals surface area (Å²) < 4.78 is 2.03. The SMILES string of the molecule is CC(C)n1ccc(CC2CNC2)n1. The number of nitrogens with one attached hydrogen (secondary N) is 1. The summed E-state index contributed by atoms with van der Waals surface area (Å²) in [5.41, 5.74) is 1.24. The summed E-state index contributed by atoms with van der Waals surface area (Å²) in [4.78, 5) is 0. The second-order valence-electron chi connectivity index (χ2n) is 4.11. The van der Waals surface area contributed by atoms with Crippen LogP contribution in [0.3, 0.4) is 0 Å². The molecule has 3 nitrogen and oxygen atoms in total. The number of nitrogens with zero attached hydrogens (tertiary/aromatic N) is 2. The third-order valence-corrected chi connectivity index (χ3v) is 2.56. The molecular weight excluding hydrogens is 162 g/mol. The highest BCUT2D eigenvalue weighted by Crippen LogP contribution is 2.12. The fourth-order valence-electron chi connectivity index (χ4n) is 1.56. The van der Waals surface area contributed by atoms with Crippen molar-refractivity contribution in [3.05, 3.63) is 18.0 Å². The Morgan fingerprint density at radius 1 is 1.62 bits per heavy atom. The van der Waals surface area contributed by atoms with Gasteiger partial charge in [0.15, 0.2) is 0 Å². The molecule has 1 aromatic rings. The van der Waals surface area contributed by atoms with Gasteiger partial charge < -0.3 is 5.32 Å². The highest BCUT2D eigenvalue weighted by atomic mass is 15.3. The first-order valence-corrected chi connectivity index (χ1v) is 5.00. The lowest BCUT2D eigenvalue weighted by Gasteiger charge is -2.26.